The highest BCUT2D eigenvalue weighted by molar-refractivity contribution is 6.33. The minimum Gasteiger partial charge on any atom is -0.482 e. The van der Waals surface area contributed by atoms with Gasteiger partial charge in [0.1, 0.15) is 12.6 Å². The topological polar surface area (TPSA) is 123 Å². The van der Waals surface area contributed by atoms with Gasteiger partial charge in [-0.05, 0) is 35.7 Å². The number of rotatable bonds is 10. The van der Waals surface area contributed by atoms with Crippen LogP contribution in [0.1, 0.15) is 35.3 Å². The summed E-state index contributed by atoms with van der Waals surface area (Å²) in [6.45, 7) is 3.73. The highest BCUT2D eigenvalue weighted by Gasteiger charge is 2.25. The van der Waals surface area contributed by atoms with E-state index in [0.717, 1.165) is 5.56 Å². The summed E-state index contributed by atoms with van der Waals surface area (Å²) in [7, 11) is 0. The van der Waals surface area contributed by atoms with E-state index in [2.05, 4.69) is 15.8 Å². The zero-order chi connectivity index (χ0) is 26.1. The van der Waals surface area contributed by atoms with Crippen LogP contribution < -0.4 is 15.5 Å². The Bertz CT molecular complexity index is 1260. The summed E-state index contributed by atoms with van der Waals surface area (Å²) < 4.78 is 5.62. The number of carbonyl (C=O) groups excluding carboxylic acids is 2. The van der Waals surface area contributed by atoms with Crippen LogP contribution in [-0.2, 0) is 11.4 Å². The minimum absolute atomic E-state index is 0.118. The minimum atomic E-state index is -0.881. The molecule has 0 aliphatic heterocycles. The van der Waals surface area contributed by atoms with Gasteiger partial charge in [-0.3, -0.25) is 19.7 Å². The van der Waals surface area contributed by atoms with E-state index >= 15 is 0 Å². The fourth-order valence-electron chi connectivity index (χ4n) is 3.25. The molecule has 9 nitrogen and oxygen atoms in total. The van der Waals surface area contributed by atoms with Crippen molar-refractivity contribution in [2.75, 3.05) is 0 Å². The molecule has 1 atom stereocenters. The van der Waals surface area contributed by atoms with E-state index in [4.69, 9.17) is 16.3 Å². The largest absolute Gasteiger partial charge is 0.482 e. The van der Waals surface area contributed by atoms with Gasteiger partial charge in [0.15, 0.2) is 5.75 Å². The lowest BCUT2D eigenvalue weighted by atomic mass is 10.0. The van der Waals surface area contributed by atoms with Crippen LogP contribution in [0.3, 0.4) is 0 Å². The number of nitro groups is 1. The molecule has 0 saturated carbocycles. The number of benzene rings is 3. The molecule has 0 saturated heterocycles. The quantitative estimate of drug-likeness (QED) is 0.233. The first-order chi connectivity index (χ1) is 17.3. The summed E-state index contributed by atoms with van der Waals surface area (Å²) >= 11 is 6.07. The summed E-state index contributed by atoms with van der Waals surface area (Å²) in [5.74, 6) is -1.15. The molecule has 0 heterocycles. The van der Waals surface area contributed by atoms with Crippen molar-refractivity contribution in [3.8, 4) is 5.75 Å². The van der Waals surface area contributed by atoms with Crippen LogP contribution in [0.5, 0.6) is 5.75 Å². The van der Waals surface area contributed by atoms with E-state index in [0.29, 0.717) is 5.56 Å². The molecule has 0 spiro atoms. The molecule has 10 heteroatoms. The van der Waals surface area contributed by atoms with Crippen molar-refractivity contribution < 1.29 is 19.2 Å². The number of halogens is 1. The molecule has 0 aliphatic carbocycles. The van der Waals surface area contributed by atoms with Crippen molar-refractivity contribution in [3.05, 3.63) is 105 Å². The van der Waals surface area contributed by atoms with E-state index in [9.17, 15) is 19.7 Å². The number of nitrogens with one attached hydrogen (secondary N) is 2. The van der Waals surface area contributed by atoms with E-state index in [-0.39, 0.29) is 34.5 Å². The highest BCUT2D eigenvalue weighted by Crippen LogP contribution is 2.28. The molecule has 3 rings (SSSR count). The third-order valence-electron chi connectivity index (χ3n) is 5.16. The van der Waals surface area contributed by atoms with Gasteiger partial charge in [-0.1, -0.05) is 67.9 Å². The number of nitrogens with zero attached hydrogens (tertiary/aromatic N) is 2. The van der Waals surface area contributed by atoms with Crippen LogP contribution in [0.15, 0.2) is 77.9 Å². The molecule has 0 radical (unpaired) electrons. The second kappa shape index (κ2) is 12.5. The molecule has 0 aromatic heterocycles. The van der Waals surface area contributed by atoms with E-state index in [1.165, 1.54) is 18.3 Å². The summed E-state index contributed by atoms with van der Waals surface area (Å²) in [6.07, 6.45) is 1.28. The van der Waals surface area contributed by atoms with Gasteiger partial charge in [0.25, 0.3) is 11.8 Å². The van der Waals surface area contributed by atoms with Crippen LogP contribution in [-0.4, -0.2) is 29.0 Å². The Morgan fingerprint density at radius 1 is 1.08 bits per heavy atom. The smallest absolute Gasteiger partial charge is 0.311 e. The lowest BCUT2D eigenvalue weighted by molar-refractivity contribution is -0.385. The zero-order valence-electron chi connectivity index (χ0n) is 19.7. The summed E-state index contributed by atoms with van der Waals surface area (Å²) in [6, 6.07) is 19.3. The number of nitro benzene ring substituents is 1. The second-order valence-electron chi connectivity index (χ2n) is 8.17. The maximum Gasteiger partial charge on any atom is 0.311 e. The van der Waals surface area contributed by atoms with Crippen molar-refractivity contribution in [2.24, 2.45) is 11.0 Å². The van der Waals surface area contributed by atoms with E-state index in [1.807, 2.05) is 30.3 Å². The Morgan fingerprint density at radius 2 is 1.78 bits per heavy atom. The van der Waals surface area contributed by atoms with Crippen molar-refractivity contribution in [2.45, 2.75) is 26.5 Å². The van der Waals surface area contributed by atoms with E-state index in [1.54, 1.807) is 44.2 Å². The fourth-order valence-corrected chi connectivity index (χ4v) is 3.48. The van der Waals surface area contributed by atoms with Crippen molar-refractivity contribution >= 4 is 35.3 Å². The highest BCUT2D eigenvalue weighted by atomic mass is 35.5. The Balaban J connectivity index is 1.65. The van der Waals surface area contributed by atoms with Crippen molar-refractivity contribution in [1.29, 1.82) is 0 Å². The normalized spacial score (nSPS) is 11.8. The van der Waals surface area contributed by atoms with Crippen molar-refractivity contribution in [1.82, 2.24) is 10.7 Å². The third-order valence-corrected chi connectivity index (χ3v) is 5.49. The average Bonchev–Trinajstić information content (AvgIpc) is 2.86. The molecule has 0 bridgehead atoms. The summed E-state index contributed by atoms with van der Waals surface area (Å²) in [5.41, 5.74) is 3.66. The molecule has 2 amide bonds. The standard InChI is InChI=1S/C26H25ClN4O5/c1-17(2)24(29-25(32)20-10-6-7-11-21(20)27)26(33)30-28-15-19-12-13-23(22(14-19)31(34)35)36-16-18-8-4-3-5-9-18/h3-15,17,24H,16H2,1-2H3,(H,29,32)(H,30,33)/b28-15-. The van der Waals surface area contributed by atoms with Gasteiger partial charge in [-0.25, -0.2) is 5.43 Å². The number of hydrogen-bond acceptors (Lipinski definition) is 6. The van der Waals surface area contributed by atoms with Gasteiger partial charge < -0.3 is 10.1 Å². The Morgan fingerprint density at radius 3 is 2.44 bits per heavy atom. The fraction of sp³-hybridized carbons (Fsp3) is 0.192. The predicted octanol–water partition coefficient (Wildman–Crippen LogP) is 4.73. The molecule has 36 heavy (non-hydrogen) atoms. The number of amides is 2. The molecular formula is C26H25ClN4O5. The van der Waals surface area contributed by atoms with Gasteiger partial charge in [-0.2, -0.15) is 5.10 Å². The number of carbonyl (C=O) groups is 2. The van der Waals surface area contributed by atoms with Crippen LogP contribution in [0, 0.1) is 16.0 Å². The van der Waals surface area contributed by atoms with Crippen LogP contribution >= 0.6 is 11.6 Å². The Kier molecular flexibility index (Phi) is 9.13. The van der Waals surface area contributed by atoms with Crippen LogP contribution in [0.25, 0.3) is 0 Å². The van der Waals surface area contributed by atoms with Gasteiger partial charge >= 0.3 is 5.69 Å². The first-order valence-electron chi connectivity index (χ1n) is 11.1. The molecule has 186 valence electrons. The van der Waals surface area contributed by atoms with Gasteiger partial charge in [-0.15, -0.1) is 0 Å². The Labute approximate surface area is 213 Å². The number of hydrogen-bond donors (Lipinski definition) is 2. The van der Waals surface area contributed by atoms with Crippen LogP contribution in [0.2, 0.25) is 5.02 Å². The maximum atomic E-state index is 12.7. The molecule has 1 unspecified atom stereocenters. The maximum absolute atomic E-state index is 12.7. The molecule has 2 N–H and O–H groups in total. The number of ether oxygens (including phenoxy) is 1. The average molecular weight is 509 g/mol. The summed E-state index contributed by atoms with van der Waals surface area (Å²) in [4.78, 5) is 36.2. The molecule has 3 aromatic rings. The lowest BCUT2D eigenvalue weighted by Gasteiger charge is -2.20. The van der Waals surface area contributed by atoms with Gasteiger partial charge in [0.2, 0.25) is 0 Å². The van der Waals surface area contributed by atoms with Crippen molar-refractivity contribution in [3.63, 3.8) is 0 Å². The molecule has 0 aliphatic rings. The van der Waals surface area contributed by atoms with Gasteiger partial charge in [0, 0.05) is 11.6 Å². The first kappa shape index (κ1) is 26.4. The molecule has 3 aromatic carbocycles. The predicted molar refractivity (Wildman–Crippen MR) is 137 cm³/mol. The SMILES string of the molecule is CC(C)C(NC(=O)c1ccccc1Cl)C(=O)N/N=C\c1ccc(OCc2ccccc2)c([N+](=O)[O-])c1. The lowest BCUT2D eigenvalue weighted by Crippen LogP contribution is -2.48. The molecule has 0 fully saturated rings. The zero-order valence-corrected chi connectivity index (χ0v) is 20.4. The van der Waals surface area contributed by atoms with Gasteiger partial charge in [0.05, 0.1) is 21.7 Å². The Hall–Kier alpha value is -4.24. The third kappa shape index (κ3) is 7.13. The van der Waals surface area contributed by atoms with Crippen LogP contribution in [0.4, 0.5) is 5.69 Å². The van der Waals surface area contributed by atoms with E-state index < -0.39 is 22.8 Å². The summed E-state index contributed by atoms with van der Waals surface area (Å²) in [5, 5.41) is 18.4. The monoisotopic (exact) mass is 508 g/mol. The second-order valence-corrected chi connectivity index (χ2v) is 8.57. The first-order valence-corrected chi connectivity index (χ1v) is 11.5. The number of hydrazone groups is 1. The molecular weight excluding hydrogens is 484 g/mol.